The third-order valence-electron chi connectivity index (χ3n) is 5.40. The molecule has 0 fully saturated rings. The second kappa shape index (κ2) is 14.4. The first-order valence-corrected chi connectivity index (χ1v) is 11.2. The lowest BCUT2D eigenvalue weighted by molar-refractivity contribution is -0.143. The van der Waals surface area contributed by atoms with Crippen LogP contribution in [0.1, 0.15) is 45.2 Å². The van der Waals surface area contributed by atoms with Crippen LogP contribution in [0.5, 0.6) is 0 Å². The van der Waals surface area contributed by atoms with Crippen LogP contribution in [-0.4, -0.2) is 85.1 Å². The highest BCUT2D eigenvalue weighted by molar-refractivity contribution is 5.95. The van der Waals surface area contributed by atoms with Crippen LogP contribution in [0.3, 0.4) is 0 Å². The van der Waals surface area contributed by atoms with Crippen molar-refractivity contribution >= 4 is 35.6 Å². The number of amides is 3. The van der Waals surface area contributed by atoms with Crippen molar-refractivity contribution in [3.05, 3.63) is 18.2 Å². The molecule has 0 aromatic carbocycles. The molecular formula is C21H32N6O9. The van der Waals surface area contributed by atoms with Gasteiger partial charge in [-0.2, -0.15) is 0 Å². The van der Waals surface area contributed by atoms with E-state index in [0.29, 0.717) is 12.1 Å². The zero-order valence-corrected chi connectivity index (χ0v) is 19.9. The zero-order valence-electron chi connectivity index (χ0n) is 19.9. The maximum atomic E-state index is 13.0. The minimum Gasteiger partial charge on any atom is -0.481 e. The van der Waals surface area contributed by atoms with Gasteiger partial charge in [-0.3, -0.25) is 24.0 Å². The fourth-order valence-electron chi connectivity index (χ4n) is 3.11. The molecule has 200 valence electrons. The molecule has 1 heterocycles. The molecule has 1 aromatic heterocycles. The van der Waals surface area contributed by atoms with Gasteiger partial charge in [-0.1, -0.05) is 20.3 Å². The SMILES string of the molecule is CCC(C)C(NC(=O)C(CC(=O)O)NC(=O)C(N)CCC(=O)O)C(=O)NC(Cc1cnc[nH]1)C(=O)O. The number of aromatic amines is 1. The van der Waals surface area contributed by atoms with Crippen molar-refractivity contribution in [3.8, 4) is 0 Å². The van der Waals surface area contributed by atoms with Gasteiger partial charge in [0.05, 0.1) is 18.8 Å². The number of carboxylic acid groups (broad SMARTS) is 3. The summed E-state index contributed by atoms with van der Waals surface area (Å²) in [6, 6.07) is -5.52. The number of carboxylic acids is 3. The van der Waals surface area contributed by atoms with Crippen LogP contribution >= 0.6 is 0 Å². The van der Waals surface area contributed by atoms with Crippen molar-refractivity contribution in [1.29, 1.82) is 0 Å². The van der Waals surface area contributed by atoms with E-state index in [-0.39, 0.29) is 12.8 Å². The summed E-state index contributed by atoms with van der Waals surface area (Å²) in [6.07, 6.45) is 1.55. The van der Waals surface area contributed by atoms with Gasteiger partial charge in [-0.05, 0) is 12.3 Å². The molecule has 0 aliphatic rings. The molecule has 15 nitrogen and oxygen atoms in total. The Balaban J connectivity index is 2.99. The fraction of sp³-hybridized carbons (Fsp3) is 0.571. The third kappa shape index (κ3) is 10.1. The summed E-state index contributed by atoms with van der Waals surface area (Å²) in [4.78, 5) is 78.2. The predicted octanol–water partition coefficient (Wildman–Crippen LogP) is -1.80. The standard InChI is InChI=1S/C21H32N6O9/c1-3-10(2)17(20(34)26-14(21(35)36)6-11-8-23-9-24-11)27-19(33)13(7-16(30)31)25-18(32)12(22)4-5-15(28)29/h8-10,12-14,17H,3-7,22H2,1-2H3,(H,23,24)(H,25,32)(H,26,34)(H,27,33)(H,28,29)(H,30,31)(H,35,36). The Morgan fingerprint density at radius 2 is 1.61 bits per heavy atom. The second-order valence-electron chi connectivity index (χ2n) is 8.25. The van der Waals surface area contributed by atoms with E-state index in [1.807, 2.05) is 0 Å². The average Bonchev–Trinajstić information content (AvgIpc) is 3.31. The molecule has 0 aliphatic carbocycles. The number of H-pyrrole nitrogens is 1. The molecule has 9 N–H and O–H groups in total. The topological polar surface area (TPSA) is 254 Å². The maximum absolute atomic E-state index is 13.0. The summed E-state index contributed by atoms with van der Waals surface area (Å²) in [5, 5.41) is 34.3. The number of carbonyl (C=O) groups is 6. The number of hydrogen-bond donors (Lipinski definition) is 8. The Kier molecular flexibility index (Phi) is 12.0. The molecule has 0 spiro atoms. The van der Waals surface area contributed by atoms with Crippen molar-refractivity contribution in [2.24, 2.45) is 11.7 Å². The van der Waals surface area contributed by atoms with E-state index in [0.717, 1.165) is 0 Å². The van der Waals surface area contributed by atoms with Gasteiger partial charge in [0, 0.05) is 24.7 Å². The zero-order chi connectivity index (χ0) is 27.4. The Bertz CT molecular complexity index is 936. The highest BCUT2D eigenvalue weighted by atomic mass is 16.4. The number of nitrogens with one attached hydrogen (secondary N) is 4. The minimum atomic E-state index is -1.62. The molecule has 15 heteroatoms. The van der Waals surface area contributed by atoms with Gasteiger partial charge in [0.25, 0.3) is 0 Å². The van der Waals surface area contributed by atoms with Crippen molar-refractivity contribution in [3.63, 3.8) is 0 Å². The molecule has 0 saturated carbocycles. The van der Waals surface area contributed by atoms with Gasteiger partial charge in [0.15, 0.2) is 0 Å². The lowest BCUT2D eigenvalue weighted by Crippen LogP contribution is -2.59. The lowest BCUT2D eigenvalue weighted by Gasteiger charge is -2.27. The number of rotatable bonds is 16. The Morgan fingerprint density at radius 1 is 0.972 bits per heavy atom. The number of nitrogens with zero attached hydrogens (tertiary/aromatic N) is 1. The largest absolute Gasteiger partial charge is 0.481 e. The van der Waals surface area contributed by atoms with Gasteiger partial charge in [0.2, 0.25) is 17.7 Å². The summed E-state index contributed by atoms with van der Waals surface area (Å²) < 4.78 is 0. The van der Waals surface area contributed by atoms with Gasteiger partial charge in [-0.25, -0.2) is 9.78 Å². The van der Waals surface area contributed by atoms with Crippen molar-refractivity contribution in [1.82, 2.24) is 25.9 Å². The van der Waals surface area contributed by atoms with Crippen LogP contribution in [-0.2, 0) is 35.2 Å². The van der Waals surface area contributed by atoms with Gasteiger partial charge in [-0.15, -0.1) is 0 Å². The number of imidazole rings is 1. The molecule has 36 heavy (non-hydrogen) atoms. The predicted molar refractivity (Wildman–Crippen MR) is 122 cm³/mol. The van der Waals surface area contributed by atoms with Crippen LogP contribution in [0.2, 0.25) is 0 Å². The first-order valence-electron chi connectivity index (χ1n) is 11.2. The van der Waals surface area contributed by atoms with E-state index in [2.05, 4.69) is 25.9 Å². The van der Waals surface area contributed by atoms with E-state index in [1.165, 1.54) is 12.5 Å². The summed E-state index contributed by atoms with van der Waals surface area (Å²) in [5.41, 5.74) is 6.08. The summed E-state index contributed by atoms with van der Waals surface area (Å²) in [5.74, 6) is -7.18. The van der Waals surface area contributed by atoms with E-state index in [9.17, 15) is 33.9 Å². The first-order chi connectivity index (χ1) is 16.8. The Labute approximate surface area is 206 Å². The molecule has 0 bridgehead atoms. The minimum absolute atomic E-state index is 0.103. The van der Waals surface area contributed by atoms with Gasteiger partial charge >= 0.3 is 17.9 Å². The Morgan fingerprint density at radius 3 is 2.11 bits per heavy atom. The van der Waals surface area contributed by atoms with E-state index in [4.69, 9.17) is 15.9 Å². The number of aliphatic carboxylic acids is 3. The lowest BCUT2D eigenvalue weighted by atomic mass is 9.97. The Hall–Kier alpha value is -4.01. The van der Waals surface area contributed by atoms with Crippen LogP contribution in [0, 0.1) is 5.92 Å². The summed E-state index contributed by atoms with van der Waals surface area (Å²) in [7, 11) is 0. The molecule has 0 radical (unpaired) electrons. The van der Waals surface area contributed by atoms with E-state index in [1.54, 1.807) is 13.8 Å². The third-order valence-corrected chi connectivity index (χ3v) is 5.40. The van der Waals surface area contributed by atoms with E-state index < -0.39 is 78.6 Å². The average molecular weight is 513 g/mol. The van der Waals surface area contributed by atoms with Crippen molar-refractivity contribution < 1.29 is 44.1 Å². The first kappa shape index (κ1) is 30.0. The molecule has 1 rings (SSSR count). The number of nitrogens with two attached hydrogens (primary N) is 1. The van der Waals surface area contributed by atoms with Gasteiger partial charge < -0.3 is 42.0 Å². The highest BCUT2D eigenvalue weighted by Gasteiger charge is 2.33. The molecule has 5 atom stereocenters. The summed E-state index contributed by atoms with van der Waals surface area (Å²) >= 11 is 0. The number of aromatic nitrogens is 2. The number of carbonyl (C=O) groups excluding carboxylic acids is 3. The van der Waals surface area contributed by atoms with Crippen molar-refractivity contribution in [2.75, 3.05) is 0 Å². The molecule has 0 saturated heterocycles. The molecule has 0 aliphatic heterocycles. The van der Waals surface area contributed by atoms with Gasteiger partial charge in [0.1, 0.15) is 18.1 Å². The molecule has 5 unspecified atom stereocenters. The smallest absolute Gasteiger partial charge is 0.326 e. The molecule has 1 aromatic rings. The quantitative estimate of drug-likeness (QED) is 0.123. The van der Waals surface area contributed by atoms with Crippen LogP contribution in [0.25, 0.3) is 0 Å². The molecular weight excluding hydrogens is 480 g/mol. The maximum Gasteiger partial charge on any atom is 0.326 e. The molecule has 3 amide bonds. The van der Waals surface area contributed by atoms with E-state index >= 15 is 0 Å². The summed E-state index contributed by atoms with van der Waals surface area (Å²) in [6.45, 7) is 3.36. The van der Waals surface area contributed by atoms with Crippen LogP contribution in [0.4, 0.5) is 0 Å². The van der Waals surface area contributed by atoms with Crippen LogP contribution < -0.4 is 21.7 Å². The van der Waals surface area contributed by atoms with Crippen LogP contribution in [0.15, 0.2) is 12.5 Å². The normalized spacial score (nSPS) is 15.0. The number of hydrogen-bond acceptors (Lipinski definition) is 8. The fourth-order valence-corrected chi connectivity index (χ4v) is 3.11. The second-order valence-corrected chi connectivity index (χ2v) is 8.25. The van der Waals surface area contributed by atoms with Crippen molar-refractivity contribution in [2.45, 2.75) is 70.1 Å². The monoisotopic (exact) mass is 512 g/mol. The highest BCUT2D eigenvalue weighted by Crippen LogP contribution is 2.10.